The number of carboxylic acid groups (broad SMARTS) is 1. The van der Waals surface area contributed by atoms with Gasteiger partial charge in [0.05, 0.1) is 18.9 Å². The Bertz CT molecular complexity index is 298. The summed E-state index contributed by atoms with van der Waals surface area (Å²) < 4.78 is 4.65. The first-order valence-corrected chi connectivity index (χ1v) is 5.14. The first-order chi connectivity index (χ1) is 7.08. The fraction of sp³-hybridized carbons (Fsp3) is 0.800. The molecule has 3 unspecified atom stereocenters. The quantitative estimate of drug-likeness (QED) is 0.631. The van der Waals surface area contributed by atoms with Crippen molar-refractivity contribution < 1.29 is 19.4 Å². The monoisotopic (exact) mass is 213 g/mol. The van der Waals surface area contributed by atoms with Crippen LogP contribution in [0.5, 0.6) is 0 Å². The summed E-state index contributed by atoms with van der Waals surface area (Å²) in [5, 5.41) is 12.3. The van der Waals surface area contributed by atoms with E-state index < -0.39 is 23.8 Å². The molecule has 1 aliphatic carbocycles. The summed E-state index contributed by atoms with van der Waals surface area (Å²) in [6.45, 7) is 0.917. The van der Waals surface area contributed by atoms with Crippen LogP contribution < -0.4 is 5.32 Å². The predicted octanol–water partition coefficient (Wildman–Crippen LogP) is 0.00230. The third-order valence-electron chi connectivity index (χ3n) is 3.63. The molecule has 2 rings (SSSR count). The average molecular weight is 213 g/mol. The molecule has 84 valence electrons. The van der Waals surface area contributed by atoms with Gasteiger partial charge >= 0.3 is 11.9 Å². The number of rotatable bonds is 2. The smallest absolute Gasteiger partial charge is 0.309 e. The van der Waals surface area contributed by atoms with Crippen LogP contribution in [0.15, 0.2) is 0 Å². The van der Waals surface area contributed by atoms with Gasteiger partial charge in [-0.25, -0.2) is 0 Å². The number of aliphatic carboxylic acids is 1. The Morgan fingerprint density at radius 1 is 1.40 bits per heavy atom. The van der Waals surface area contributed by atoms with Crippen molar-refractivity contribution in [1.29, 1.82) is 0 Å². The molecule has 1 heterocycles. The predicted molar refractivity (Wildman–Crippen MR) is 51.2 cm³/mol. The number of hydrogen-bond donors (Lipinski definition) is 2. The van der Waals surface area contributed by atoms with Crippen molar-refractivity contribution in [3.8, 4) is 0 Å². The Labute approximate surface area is 87.8 Å². The van der Waals surface area contributed by atoms with Crippen LogP contribution in [0.25, 0.3) is 0 Å². The Morgan fingerprint density at radius 2 is 2.00 bits per heavy atom. The summed E-state index contributed by atoms with van der Waals surface area (Å²) in [5.74, 6) is -2.37. The molecule has 2 N–H and O–H groups in total. The van der Waals surface area contributed by atoms with E-state index in [9.17, 15) is 9.59 Å². The molecular weight excluding hydrogens is 198 g/mol. The van der Waals surface area contributed by atoms with Gasteiger partial charge in [0, 0.05) is 5.54 Å². The topological polar surface area (TPSA) is 75.6 Å². The minimum Gasteiger partial charge on any atom is -0.481 e. The molecule has 1 saturated heterocycles. The van der Waals surface area contributed by atoms with Crippen LogP contribution in [0.3, 0.4) is 0 Å². The number of esters is 1. The van der Waals surface area contributed by atoms with Gasteiger partial charge in [0.15, 0.2) is 0 Å². The lowest BCUT2D eigenvalue weighted by Crippen LogP contribution is -2.55. The van der Waals surface area contributed by atoms with Gasteiger partial charge in [-0.3, -0.25) is 9.59 Å². The molecule has 5 heteroatoms. The number of carbonyl (C=O) groups is 2. The third kappa shape index (κ3) is 1.61. The first kappa shape index (κ1) is 10.4. The van der Waals surface area contributed by atoms with Crippen molar-refractivity contribution >= 4 is 11.9 Å². The molecule has 0 amide bonds. The zero-order valence-corrected chi connectivity index (χ0v) is 8.66. The standard InChI is InChI=1S/C10H15NO4/c1-15-9(14)7-5-10(2-3-11-10)4-6(7)8(12)13/h6-7,11H,2-5H2,1H3,(H,12,13). The van der Waals surface area contributed by atoms with Crippen LogP contribution in [0.2, 0.25) is 0 Å². The number of carboxylic acids is 1. The largest absolute Gasteiger partial charge is 0.481 e. The van der Waals surface area contributed by atoms with Crippen molar-refractivity contribution in [3.63, 3.8) is 0 Å². The fourth-order valence-corrected chi connectivity index (χ4v) is 2.70. The molecule has 2 aliphatic rings. The highest BCUT2D eigenvalue weighted by Crippen LogP contribution is 2.45. The molecule has 0 aromatic heterocycles. The van der Waals surface area contributed by atoms with Gasteiger partial charge in [-0.1, -0.05) is 0 Å². The molecule has 1 spiro atoms. The van der Waals surface area contributed by atoms with E-state index in [-0.39, 0.29) is 5.54 Å². The Kier molecular flexibility index (Phi) is 2.42. The second-order valence-electron chi connectivity index (χ2n) is 4.44. The summed E-state index contributed by atoms with van der Waals surface area (Å²) in [4.78, 5) is 22.5. The molecule has 1 saturated carbocycles. The third-order valence-corrected chi connectivity index (χ3v) is 3.63. The highest BCUT2D eigenvalue weighted by atomic mass is 16.5. The van der Waals surface area contributed by atoms with E-state index in [0.29, 0.717) is 12.8 Å². The Balaban J connectivity index is 2.14. The van der Waals surface area contributed by atoms with Crippen LogP contribution in [0.4, 0.5) is 0 Å². The molecule has 2 fully saturated rings. The molecule has 15 heavy (non-hydrogen) atoms. The molecule has 0 radical (unpaired) electrons. The minimum atomic E-state index is -0.893. The normalized spacial score (nSPS) is 38.7. The van der Waals surface area contributed by atoms with Crippen LogP contribution in [-0.2, 0) is 14.3 Å². The molecule has 0 bridgehead atoms. The zero-order valence-electron chi connectivity index (χ0n) is 8.66. The summed E-state index contributed by atoms with van der Waals surface area (Å²) in [7, 11) is 1.31. The lowest BCUT2D eigenvalue weighted by molar-refractivity contribution is -0.154. The molecule has 3 atom stereocenters. The first-order valence-electron chi connectivity index (χ1n) is 5.14. The van der Waals surface area contributed by atoms with Crippen LogP contribution in [0.1, 0.15) is 19.3 Å². The van der Waals surface area contributed by atoms with Crippen molar-refractivity contribution in [2.45, 2.75) is 24.8 Å². The average Bonchev–Trinajstić information content (AvgIpc) is 2.56. The van der Waals surface area contributed by atoms with E-state index >= 15 is 0 Å². The van der Waals surface area contributed by atoms with Crippen molar-refractivity contribution in [2.75, 3.05) is 13.7 Å². The lowest BCUT2D eigenvalue weighted by Gasteiger charge is -2.40. The van der Waals surface area contributed by atoms with E-state index in [1.807, 2.05) is 0 Å². The Morgan fingerprint density at radius 3 is 2.40 bits per heavy atom. The van der Waals surface area contributed by atoms with E-state index in [2.05, 4.69) is 10.1 Å². The minimum absolute atomic E-state index is 0.109. The maximum atomic E-state index is 11.4. The summed E-state index contributed by atoms with van der Waals surface area (Å²) in [5.41, 5.74) is -0.109. The molecule has 0 aromatic carbocycles. The summed E-state index contributed by atoms with van der Waals surface area (Å²) >= 11 is 0. The molecule has 0 aromatic rings. The zero-order chi connectivity index (χ0) is 11.1. The summed E-state index contributed by atoms with van der Waals surface area (Å²) in [6, 6.07) is 0. The van der Waals surface area contributed by atoms with Gasteiger partial charge in [-0.05, 0) is 25.8 Å². The highest BCUT2D eigenvalue weighted by Gasteiger charge is 2.53. The number of ether oxygens (including phenoxy) is 1. The molecular formula is C10H15NO4. The number of carbonyl (C=O) groups excluding carboxylic acids is 1. The molecule has 5 nitrogen and oxygen atoms in total. The number of nitrogens with one attached hydrogen (secondary N) is 1. The van der Waals surface area contributed by atoms with Gasteiger partial charge < -0.3 is 15.2 Å². The van der Waals surface area contributed by atoms with Gasteiger partial charge in [0.2, 0.25) is 0 Å². The van der Waals surface area contributed by atoms with Crippen molar-refractivity contribution in [1.82, 2.24) is 5.32 Å². The Hall–Kier alpha value is -1.10. The van der Waals surface area contributed by atoms with Gasteiger partial charge in [-0.2, -0.15) is 0 Å². The van der Waals surface area contributed by atoms with E-state index in [1.54, 1.807) is 0 Å². The SMILES string of the molecule is COC(=O)C1CC2(CCN2)CC1C(=O)O. The van der Waals surface area contributed by atoms with Gasteiger partial charge in [-0.15, -0.1) is 0 Å². The second-order valence-corrected chi connectivity index (χ2v) is 4.44. The fourth-order valence-electron chi connectivity index (χ4n) is 2.70. The van der Waals surface area contributed by atoms with Crippen molar-refractivity contribution in [2.24, 2.45) is 11.8 Å². The number of hydrogen-bond acceptors (Lipinski definition) is 4. The maximum Gasteiger partial charge on any atom is 0.309 e. The lowest BCUT2D eigenvalue weighted by atomic mass is 9.85. The van der Waals surface area contributed by atoms with Gasteiger partial charge in [0.25, 0.3) is 0 Å². The van der Waals surface area contributed by atoms with E-state index in [1.165, 1.54) is 7.11 Å². The van der Waals surface area contributed by atoms with Crippen LogP contribution in [0, 0.1) is 11.8 Å². The highest BCUT2D eigenvalue weighted by molar-refractivity contribution is 5.82. The van der Waals surface area contributed by atoms with E-state index in [4.69, 9.17) is 5.11 Å². The van der Waals surface area contributed by atoms with Crippen LogP contribution >= 0.6 is 0 Å². The summed E-state index contributed by atoms with van der Waals surface area (Å²) in [6.07, 6.45) is 2.10. The van der Waals surface area contributed by atoms with Crippen molar-refractivity contribution in [3.05, 3.63) is 0 Å². The van der Waals surface area contributed by atoms with E-state index in [0.717, 1.165) is 13.0 Å². The van der Waals surface area contributed by atoms with Gasteiger partial charge in [0.1, 0.15) is 0 Å². The van der Waals surface area contributed by atoms with Crippen LogP contribution in [-0.4, -0.2) is 36.2 Å². The number of methoxy groups -OCH3 is 1. The molecule has 1 aliphatic heterocycles. The second kappa shape index (κ2) is 3.48. The maximum absolute atomic E-state index is 11.4.